The van der Waals surface area contributed by atoms with Crippen LogP contribution in [0.25, 0.3) is 0 Å². The SMILES string of the molecule is C[C@H]1CC2(CCN(c3cnc(CN4CCN(C5CN(c6cc7c(cc6F)C(=O)N(C6CCC(=O)NC6=O)C7=O)C5)CC4)nc3)CC2)CN1c1ccc(C#N)c(Cl)c1. The fourth-order valence-corrected chi connectivity index (χ4v) is 9.94. The lowest BCUT2D eigenvalue weighted by molar-refractivity contribution is -0.136. The number of halogens is 2. The van der Waals surface area contributed by atoms with Crippen LogP contribution in [0.2, 0.25) is 5.02 Å². The van der Waals surface area contributed by atoms with E-state index in [4.69, 9.17) is 21.6 Å². The van der Waals surface area contributed by atoms with Crippen molar-refractivity contribution >= 4 is 52.3 Å². The smallest absolute Gasteiger partial charge is 0.262 e. The highest BCUT2D eigenvalue weighted by atomic mass is 35.5. The van der Waals surface area contributed by atoms with Crippen molar-refractivity contribution < 1.29 is 23.6 Å². The van der Waals surface area contributed by atoms with Crippen LogP contribution >= 0.6 is 11.6 Å². The summed E-state index contributed by atoms with van der Waals surface area (Å²) in [5.74, 6) is -2.28. The van der Waals surface area contributed by atoms with Crippen LogP contribution in [0.3, 0.4) is 0 Å². The van der Waals surface area contributed by atoms with Crippen LogP contribution in [0, 0.1) is 22.6 Å². The normalized spacial score (nSPS) is 24.2. The fourth-order valence-electron chi connectivity index (χ4n) is 9.72. The second-order valence-corrected chi connectivity index (χ2v) is 16.9. The number of imide groups is 2. The number of piperazine rings is 1. The van der Waals surface area contributed by atoms with Gasteiger partial charge in [-0.05, 0) is 68.4 Å². The molecule has 0 aliphatic carbocycles. The number of nitrogens with one attached hydrogen (secondary N) is 1. The highest BCUT2D eigenvalue weighted by Gasteiger charge is 2.47. The van der Waals surface area contributed by atoms with Crippen LogP contribution in [-0.2, 0) is 16.1 Å². The van der Waals surface area contributed by atoms with E-state index < -0.39 is 35.5 Å². The number of anilines is 3. The summed E-state index contributed by atoms with van der Waals surface area (Å²) in [6.45, 7) is 10.5. The molecule has 9 rings (SSSR count). The molecule has 1 N–H and O–H groups in total. The number of carbonyl (C=O) groups excluding carboxylic acids is 4. The Morgan fingerprint density at radius 3 is 2.30 bits per heavy atom. The molecule has 14 nitrogen and oxygen atoms in total. The van der Waals surface area contributed by atoms with Crippen LogP contribution in [0.15, 0.2) is 42.7 Å². The van der Waals surface area contributed by atoms with Gasteiger partial charge in [-0.2, -0.15) is 5.26 Å². The fraction of sp³-hybridized carbons (Fsp3) is 0.488. The molecule has 1 unspecified atom stereocenters. The first-order valence-electron chi connectivity index (χ1n) is 19.8. The van der Waals surface area contributed by atoms with Crippen molar-refractivity contribution in [2.75, 3.05) is 73.6 Å². The summed E-state index contributed by atoms with van der Waals surface area (Å²) in [6, 6.07) is 9.97. The number of hydrogen-bond donors (Lipinski definition) is 1. The molecule has 6 aliphatic rings. The predicted octanol–water partition coefficient (Wildman–Crippen LogP) is 3.43. The van der Waals surface area contributed by atoms with Gasteiger partial charge in [-0.15, -0.1) is 0 Å². The molecule has 7 heterocycles. The predicted molar refractivity (Wildman–Crippen MR) is 209 cm³/mol. The molecule has 296 valence electrons. The quantitative estimate of drug-likeness (QED) is 0.350. The molecule has 5 fully saturated rings. The molecule has 1 spiro atoms. The van der Waals surface area contributed by atoms with Crippen molar-refractivity contribution in [2.45, 2.75) is 63.7 Å². The van der Waals surface area contributed by atoms with E-state index in [0.717, 1.165) is 93.2 Å². The number of hydrogen-bond acceptors (Lipinski definition) is 12. The minimum atomic E-state index is -1.09. The van der Waals surface area contributed by atoms with Gasteiger partial charge in [0.15, 0.2) is 0 Å². The Kier molecular flexibility index (Phi) is 9.61. The molecule has 1 aromatic heterocycles. The molecule has 4 amide bonds. The average Bonchev–Trinajstić information content (AvgIpc) is 3.63. The van der Waals surface area contributed by atoms with Gasteiger partial charge in [0.1, 0.15) is 23.8 Å². The Hall–Kier alpha value is -5.17. The Balaban J connectivity index is 0.735. The average molecular weight is 795 g/mol. The third kappa shape index (κ3) is 6.87. The lowest BCUT2D eigenvalue weighted by atomic mass is 9.76. The standard InChI is InChI=1S/C41H44ClFN10O4/c1-25-17-41(24-52(25)27-3-2-26(18-44)32(42)14-27)6-8-49(9-7-41)28-19-45-36(46-20-28)23-48-10-12-50(13-11-48)29-21-51(22-29)35-16-31-30(15-33(35)43)39(56)53(40(31)57)34-4-5-37(54)47-38(34)55/h2-3,14-16,19-20,25,29,34H,4-13,17,21-24H2,1H3,(H,47,54,55)/t25-,34?/m0/s1. The summed E-state index contributed by atoms with van der Waals surface area (Å²) < 4.78 is 15.3. The van der Waals surface area contributed by atoms with E-state index in [-0.39, 0.29) is 41.1 Å². The third-order valence-electron chi connectivity index (χ3n) is 13.1. The topological polar surface area (TPSA) is 149 Å². The van der Waals surface area contributed by atoms with Crippen molar-refractivity contribution in [3.05, 3.63) is 76.1 Å². The van der Waals surface area contributed by atoms with Crippen LogP contribution in [-0.4, -0.2) is 125 Å². The van der Waals surface area contributed by atoms with Crippen molar-refractivity contribution in [2.24, 2.45) is 5.41 Å². The molecule has 3 aromatic rings. The molecular weight excluding hydrogens is 751 g/mol. The van der Waals surface area contributed by atoms with Crippen LogP contribution in [0.5, 0.6) is 0 Å². The van der Waals surface area contributed by atoms with E-state index in [1.54, 1.807) is 0 Å². The van der Waals surface area contributed by atoms with Gasteiger partial charge in [-0.1, -0.05) is 11.6 Å². The Labute approximate surface area is 335 Å². The minimum Gasteiger partial charge on any atom is -0.369 e. The number of aromatic nitrogens is 2. The maximum absolute atomic E-state index is 15.3. The molecule has 16 heteroatoms. The number of fused-ring (bicyclic) bond motifs is 1. The largest absolute Gasteiger partial charge is 0.369 e. The molecule has 57 heavy (non-hydrogen) atoms. The Morgan fingerprint density at radius 1 is 0.930 bits per heavy atom. The van der Waals surface area contributed by atoms with Gasteiger partial charge >= 0.3 is 0 Å². The van der Waals surface area contributed by atoms with Crippen molar-refractivity contribution in [3.8, 4) is 6.07 Å². The number of nitriles is 1. The van der Waals surface area contributed by atoms with Gasteiger partial charge < -0.3 is 14.7 Å². The van der Waals surface area contributed by atoms with Gasteiger partial charge in [0.2, 0.25) is 11.8 Å². The second kappa shape index (κ2) is 14.6. The second-order valence-electron chi connectivity index (χ2n) is 16.5. The summed E-state index contributed by atoms with van der Waals surface area (Å²) in [7, 11) is 0. The van der Waals surface area contributed by atoms with E-state index in [2.05, 4.69) is 37.9 Å². The van der Waals surface area contributed by atoms with Crippen LogP contribution < -0.4 is 20.0 Å². The molecule has 0 saturated carbocycles. The monoisotopic (exact) mass is 794 g/mol. The van der Waals surface area contributed by atoms with Crippen LogP contribution in [0.1, 0.15) is 71.1 Å². The minimum absolute atomic E-state index is 0.0227. The lowest BCUT2D eigenvalue weighted by Gasteiger charge is -2.49. The van der Waals surface area contributed by atoms with Gasteiger partial charge in [0.25, 0.3) is 11.8 Å². The highest BCUT2D eigenvalue weighted by Crippen LogP contribution is 2.46. The maximum atomic E-state index is 15.3. The third-order valence-corrected chi connectivity index (χ3v) is 13.4. The molecule has 5 saturated heterocycles. The summed E-state index contributed by atoms with van der Waals surface area (Å²) >= 11 is 6.37. The van der Waals surface area contributed by atoms with Gasteiger partial charge in [-0.3, -0.25) is 39.2 Å². The number of benzene rings is 2. The molecule has 6 aliphatic heterocycles. The summed E-state index contributed by atoms with van der Waals surface area (Å²) in [5, 5.41) is 12.0. The Bertz CT molecular complexity index is 2180. The maximum Gasteiger partial charge on any atom is 0.262 e. The summed E-state index contributed by atoms with van der Waals surface area (Å²) in [4.78, 5) is 72.2. The van der Waals surface area contributed by atoms with E-state index in [1.807, 2.05) is 35.5 Å². The molecule has 0 radical (unpaired) electrons. The number of nitrogens with zero attached hydrogens (tertiary/aromatic N) is 9. The van der Waals surface area contributed by atoms with Crippen molar-refractivity contribution in [1.82, 2.24) is 30.0 Å². The molecular formula is C41H44ClFN10O4. The number of rotatable bonds is 7. The van der Waals surface area contributed by atoms with Crippen molar-refractivity contribution in [3.63, 3.8) is 0 Å². The van der Waals surface area contributed by atoms with Gasteiger partial charge in [0.05, 0.1) is 52.0 Å². The summed E-state index contributed by atoms with van der Waals surface area (Å²) in [5.41, 5.74) is 3.18. The lowest BCUT2D eigenvalue weighted by Crippen LogP contribution is -2.63. The van der Waals surface area contributed by atoms with Crippen LogP contribution in [0.4, 0.5) is 21.5 Å². The van der Waals surface area contributed by atoms with E-state index in [1.165, 1.54) is 6.07 Å². The molecule has 2 aromatic carbocycles. The van der Waals surface area contributed by atoms with E-state index in [9.17, 15) is 24.4 Å². The Morgan fingerprint density at radius 2 is 1.63 bits per heavy atom. The highest BCUT2D eigenvalue weighted by molar-refractivity contribution is 6.32. The number of piperidine rings is 2. The van der Waals surface area contributed by atoms with Crippen molar-refractivity contribution in [1.29, 1.82) is 5.26 Å². The summed E-state index contributed by atoms with van der Waals surface area (Å²) in [6.07, 6.45) is 7.30. The first-order chi connectivity index (χ1) is 27.5. The zero-order valence-corrected chi connectivity index (χ0v) is 32.5. The zero-order chi connectivity index (χ0) is 39.6. The van der Waals surface area contributed by atoms with E-state index in [0.29, 0.717) is 36.3 Å². The molecule has 0 bridgehead atoms. The number of amides is 4. The van der Waals surface area contributed by atoms with Gasteiger partial charge in [-0.25, -0.2) is 14.4 Å². The first-order valence-corrected chi connectivity index (χ1v) is 20.2. The van der Waals surface area contributed by atoms with Gasteiger partial charge in [0, 0.05) is 83.1 Å². The first kappa shape index (κ1) is 37.4. The van der Waals surface area contributed by atoms with E-state index >= 15 is 4.39 Å². The number of carbonyl (C=O) groups is 4. The zero-order valence-electron chi connectivity index (χ0n) is 31.8. The molecule has 2 atom stereocenters.